The predicted octanol–water partition coefficient (Wildman–Crippen LogP) is 0.169. The van der Waals surface area contributed by atoms with E-state index < -0.39 is 0 Å². The Bertz CT molecular complexity index is 290. The van der Waals surface area contributed by atoms with Crippen molar-refractivity contribution in [2.45, 2.75) is 19.3 Å². The lowest BCUT2D eigenvalue weighted by atomic mass is 10.1. The number of carbonyl (C=O) groups excluding carboxylic acids is 1. The Labute approximate surface area is 103 Å². The molecular weight excluding hydrogens is 216 g/mol. The Kier molecular flexibility index (Phi) is 3.09. The van der Waals surface area contributed by atoms with Crippen molar-refractivity contribution < 1.29 is 9.90 Å². The van der Waals surface area contributed by atoms with Crippen molar-refractivity contribution in [1.82, 2.24) is 9.80 Å². The van der Waals surface area contributed by atoms with Gasteiger partial charge in [0.05, 0.1) is 6.61 Å². The maximum atomic E-state index is 12.3. The van der Waals surface area contributed by atoms with Crippen molar-refractivity contribution in [3.8, 4) is 0 Å². The standard InChI is InChI=1S/C13H22N2O2/c16-9-8-14-4-6-15(7-5-14)13(17)12-10-2-1-3-11(10)12/h10-12,16H,1-9H2. The number of aliphatic hydroxyl groups excluding tert-OH is 1. The second-order valence-electron chi connectivity index (χ2n) is 5.67. The van der Waals surface area contributed by atoms with Gasteiger partial charge in [-0.1, -0.05) is 6.42 Å². The summed E-state index contributed by atoms with van der Waals surface area (Å²) in [4.78, 5) is 16.6. The molecule has 0 aromatic rings. The first-order valence-corrected chi connectivity index (χ1v) is 6.93. The van der Waals surface area contributed by atoms with Crippen LogP contribution in [0, 0.1) is 17.8 Å². The highest BCUT2D eigenvalue weighted by Gasteiger charge is 2.57. The van der Waals surface area contributed by atoms with Crippen LogP contribution in [0.2, 0.25) is 0 Å². The number of hydrogen-bond acceptors (Lipinski definition) is 3. The zero-order valence-electron chi connectivity index (χ0n) is 10.3. The molecule has 0 aromatic carbocycles. The first kappa shape index (κ1) is 11.5. The van der Waals surface area contributed by atoms with Gasteiger partial charge in [0, 0.05) is 38.6 Å². The number of fused-ring (bicyclic) bond motifs is 1. The van der Waals surface area contributed by atoms with Gasteiger partial charge in [-0.05, 0) is 24.7 Å². The van der Waals surface area contributed by atoms with Crippen LogP contribution in [-0.2, 0) is 4.79 Å². The fourth-order valence-corrected chi connectivity index (χ4v) is 3.73. The molecule has 1 heterocycles. The summed E-state index contributed by atoms with van der Waals surface area (Å²) in [5.74, 6) is 2.27. The Morgan fingerprint density at radius 1 is 1.12 bits per heavy atom. The molecule has 2 unspecified atom stereocenters. The average molecular weight is 238 g/mol. The number of aliphatic hydroxyl groups is 1. The summed E-state index contributed by atoms with van der Waals surface area (Å²) in [6.07, 6.45) is 3.90. The number of carbonyl (C=O) groups is 1. The molecule has 17 heavy (non-hydrogen) atoms. The third kappa shape index (κ3) is 2.08. The van der Waals surface area contributed by atoms with Gasteiger partial charge < -0.3 is 10.0 Å². The van der Waals surface area contributed by atoms with Crippen molar-refractivity contribution in [3.05, 3.63) is 0 Å². The van der Waals surface area contributed by atoms with Crippen LogP contribution in [0.4, 0.5) is 0 Å². The molecule has 0 aromatic heterocycles. The minimum Gasteiger partial charge on any atom is -0.395 e. The van der Waals surface area contributed by atoms with Gasteiger partial charge in [0.15, 0.2) is 0 Å². The summed E-state index contributed by atoms with van der Waals surface area (Å²) in [5.41, 5.74) is 0. The van der Waals surface area contributed by atoms with Gasteiger partial charge in [0.2, 0.25) is 5.91 Å². The van der Waals surface area contributed by atoms with Crippen molar-refractivity contribution in [2.24, 2.45) is 17.8 Å². The van der Waals surface area contributed by atoms with Gasteiger partial charge in [0.1, 0.15) is 0 Å². The quantitative estimate of drug-likeness (QED) is 0.762. The number of nitrogens with zero attached hydrogens (tertiary/aromatic N) is 2. The minimum absolute atomic E-state index is 0.223. The van der Waals surface area contributed by atoms with E-state index in [1.54, 1.807) is 0 Å². The molecule has 1 aliphatic heterocycles. The van der Waals surface area contributed by atoms with Gasteiger partial charge in [-0.3, -0.25) is 9.69 Å². The van der Waals surface area contributed by atoms with Gasteiger partial charge >= 0.3 is 0 Å². The lowest BCUT2D eigenvalue weighted by Crippen LogP contribution is -2.50. The van der Waals surface area contributed by atoms with Gasteiger partial charge in [-0.2, -0.15) is 0 Å². The Morgan fingerprint density at radius 3 is 2.35 bits per heavy atom. The summed E-state index contributed by atoms with van der Waals surface area (Å²) >= 11 is 0. The minimum atomic E-state index is 0.223. The molecule has 0 bridgehead atoms. The topological polar surface area (TPSA) is 43.8 Å². The van der Waals surface area contributed by atoms with Crippen LogP contribution in [0.5, 0.6) is 0 Å². The molecule has 3 fully saturated rings. The van der Waals surface area contributed by atoms with Crippen LogP contribution in [0.1, 0.15) is 19.3 Å². The van der Waals surface area contributed by atoms with E-state index in [0.29, 0.717) is 11.8 Å². The van der Waals surface area contributed by atoms with Crippen molar-refractivity contribution in [2.75, 3.05) is 39.3 Å². The molecule has 0 radical (unpaired) electrons. The third-order valence-corrected chi connectivity index (χ3v) is 4.79. The zero-order chi connectivity index (χ0) is 11.8. The SMILES string of the molecule is O=C(C1C2CCCC21)N1CCN(CCO)CC1. The molecule has 2 saturated carbocycles. The van der Waals surface area contributed by atoms with Crippen molar-refractivity contribution >= 4 is 5.91 Å². The van der Waals surface area contributed by atoms with E-state index in [-0.39, 0.29) is 6.61 Å². The number of piperazine rings is 1. The maximum Gasteiger partial charge on any atom is 0.226 e. The lowest BCUT2D eigenvalue weighted by Gasteiger charge is -2.34. The second kappa shape index (κ2) is 4.58. The van der Waals surface area contributed by atoms with Crippen LogP contribution in [0.25, 0.3) is 0 Å². The molecule has 4 nitrogen and oxygen atoms in total. The van der Waals surface area contributed by atoms with Crippen LogP contribution >= 0.6 is 0 Å². The van der Waals surface area contributed by atoms with Crippen LogP contribution < -0.4 is 0 Å². The van der Waals surface area contributed by atoms with E-state index >= 15 is 0 Å². The first-order valence-electron chi connectivity index (χ1n) is 6.93. The van der Waals surface area contributed by atoms with Gasteiger partial charge in [0.25, 0.3) is 0 Å². The van der Waals surface area contributed by atoms with E-state index in [4.69, 9.17) is 5.11 Å². The fraction of sp³-hybridized carbons (Fsp3) is 0.923. The molecule has 0 spiro atoms. The number of β-amino-alcohol motifs (C(OH)–C–C–N with tert-alkyl or cyclic N) is 1. The largest absolute Gasteiger partial charge is 0.395 e. The molecular formula is C13H22N2O2. The highest BCUT2D eigenvalue weighted by atomic mass is 16.3. The average Bonchev–Trinajstić information content (AvgIpc) is 2.83. The molecule has 1 N–H and O–H groups in total. The van der Waals surface area contributed by atoms with E-state index in [2.05, 4.69) is 9.80 Å². The Hall–Kier alpha value is -0.610. The lowest BCUT2D eigenvalue weighted by molar-refractivity contribution is -0.135. The molecule has 2 atom stereocenters. The number of hydrogen-bond donors (Lipinski definition) is 1. The van der Waals surface area contributed by atoms with Crippen LogP contribution in [-0.4, -0.2) is 60.1 Å². The molecule has 3 aliphatic rings. The summed E-state index contributed by atoms with van der Waals surface area (Å²) in [6, 6.07) is 0. The summed E-state index contributed by atoms with van der Waals surface area (Å²) in [5, 5.41) is 8.88. The molecule has 96 valence electrons. The molecule has 2 aliphatic carbocycles. The smallest absolute Gasteiger partial charge is 0.226 e. The molecule has 3 rings (SSSR count). The highest BCUT2D eigenvalue weighted by molar-refractivity contribution is 5.82. The Balaban J connectivity index is 1.48. The van der Waals surface area contributed by atoms with E-state index in [1.165, 1.54) is 19.3 Å². The summed E-state index contributed by atoms with van der Waals surface area (Å²) in [6.45, 7) is 4.53. The van der Waals surface area contributed by atoms with Gasteiger partial charge in [-0.25, -0.2) is 0 Å². The molecule has 1 amide bonds. The fourth-order valence-electron chi connectivity index (χ4n) is 3.73. The monoisotopic (exact) mass is 238 g/mol. The second-order valence-corrected chi connectivity index (χ2v) is 5.67. The predicted molar refractivity (Wildman–Crippen MR) is 64.4 cm³/mol. The van der Waals surface area contributed by atoms with E-state index in [1.807, 2.05) is 0 Å². The third-order valence-electron chi connectivity index (χ3n) is 4.79. The van der Waals surface area contributed by atoms with E-state index in [9.17, 15) is 4.79 Å². The zero-order valence-corrected chi connectivity index (χ0v) is 10.3. The van der Waals surface area contributed by atoms with E-state index in [0.717, 1.165) is 44.6 Å². The van der Waals surface area contributed by atoms with Crippen molar-refractivity contribution in [3.63, 3.8) is 0 Å². The number of rotatable bonds is 3. The van der Waals surface area contributed by atoms with Crippen LogP contribution in [0.3, 0.4) is 0 Å². The number of amides is 1. The highest BCUT2D eigenvalue weighted by Crippen LogP contribution is 2.58. The summed E-state index contributed by atoms with van der Waals surface area (Å²) < 4.78 is 0. The maximum absolute atomic E-state index is 12.3. The van der Waals surface area contributed by atoms with Crippen LogP contribution in [0.15, 0.2) is 0 Å². The molecule has 4 heteroatoms. The Morgan fingerprint density at radius 2 is 1.76 bits per heavy atom. The summed E-state index contributed by atoms with van der Waals surface area (Å²) in [7, 11) is 0. The molecule has 1 saturated heterocycles. The van der Waals surface area contributed by atoms with Crippen molar-refractivity contribution in [1.29, 1.82) is 0 Å². The van der Waals surface area contributed by atoms with Gasteiger partial charge in [-0.15, -0.1) is 0 Å². The first-order chi connectivity index (χ1) is 8.31. The normalized spacial score (nSPS) is 37.0.